The Labute approximate surface area is 163 Å². The molecule has 0 saturated carbocycles. The number of nitrogens with one attached hydrogen (secondary N) is 2. The molecule has 2 aromatic carbocycles. The minimum atomic E-state index is -3.67. The quantitative estimate of drug-likeness (QED) is 0.675. The van der Waals surface area contributed by atoms with E-state index in [4.69, 9.17) is 4.74 Å². The van der Waals surface area contributed by atoms with E-state index in [2.05, 4.69) is 10.0 Å². The number of amides is 2. The highest BCUT2D eigenvalue weighted by molar-refractivity contribution is 7.89. The van der Waals surface area contributed by atoms with Gasteiger partial charge < -0.3 is 4.74 Å². The number of sulfonamides is 1. The van der Waals surface area contributed by atoms with Crippen molar-refractivity contribution < 1.29 is 27.5 Å². The summed E-state index contributed by atoms with van der Waals surface area (Å²) < 4.78 is 31.4. The fourth-order valence-electron chi connectivity index (χ4n) is 2.19. The molecule has 0 fully saturated rings. The molecule has 2 N–H and O–H groups in total. The predicted molar refractivity (Wildman–Crippen MR) is 101 cm³/mol. The SMILES string of the molecule is CC(C)NS(=O)(=O)c1ccc(C(=O)OCC(=O)NC(=O)c2ccccc2)cc1. The summed E-state index contributed by atoms with van der Waals surface area (Å²) in [4.78, 5) is 35.6. The Morgan fingerprint density at radius 3 is 2.11 bits per heavy atom. The van der Waals surface area contributed by atoms with Crippen molar-refractivity contribution in [2.45, 2.75) is 24.8 Å². The smallest absolute Gasteiger partial charge is 0.338 e. The standard InChI is InChI=1S/C19H20N2O6S/c1-13(2)21-28(25,26)16-10-8-15(9-11-16)19(24)27-12-17(22)20-18(23)14-6-4-3-5-7-14/h3-11,13,21H,12H2,1-2H3,(H,20,22,23). The van der Waals surface area contributed by atoms with E-state index in [9.17, 15) is 22.8 Å². The van der Waals surface area contributed by atoms with E-state index in [0.717, 1.165) is 0 Å². The van der Waals surface area contributed by atoms with Crippen LogP contribution in [0.1, 0.15) is 34.6 Å². The fourth-order valence-corrected chi connectivity index (χ4v) is 3.44. The first-order chi connectivity index (χ1) is 13.2. The highest BCUT2D eigenvalue weighted by Gasteiger charge is 2.17. The largest absolute Gasteiger partial charge is 0.452 e. The van der Waals surface area contributed by atoms with Crippen molar-refractivity contribution >= 4 is 27.8 Å². The first-order valence-corrected chi connectivity index (χ1v) is 9.86. The number of esters is 1. The maximum absolute atomic E-state index is 12.0. The summed E-state index contributed by atoms with van der Waals surface area (Å²) in [6.45, 7) is 2.74. The molecular weight excluding hydrogens is 384 g/mol. The molecule has 0 aliphatic carbocycles. The van der Waals surface area contributed by atoms with Crippen LogP contribution in [0.5, 0.6) is 0 Å². The van der Waals surface area contributed by atoms with Gasteiger partial charge in [-0.05, 0) is 50.2 Å². The van der Waals surface area contributed by atoms with Crippen molar-refractivity contribution in [2.24, 2.45) is 0 Å². The summed E-state index contributed by atoms with van der Waals surface area (Å²) in [5.74, 6) is -2.19. The summed E-state index contributed by atoms with van der Waals surface area (Å²) in [6.07, 6.45) is 0. The van der Waals surface area contributed by atoms with Crippen molar-refractivity contribution in [1.29, 1.82) is 0 Å². The third-order valence-electron chi connectivity index (χ3n) is 3.41. The molecule has 0 aliphatic rings. The summed E-state index contributed by atoms with van der Waals surface area (Å²) in [6, 6.07) is 12.9. The minimum Gasteiger partial charge on any atom is -0.452 e. The van der Waals surface area contributed by atoms with Crippen LogP contribution in [-0.4, -0.2) is 38.9 Å². The zero-order chi connectivity index (χ0) is 20.7. The van der Waals surface area contributed by atoms with E-state index in [-0.39, 0.29) is 16.5 Å². The Bertz CT molecular complexity index is 954. The Morgan fingerprint density at radius 1 is 0.929 bits per heavy atom. The molecule has 0 bridgehead atoms. The Balaban J connectivity index is 1.91. The third kappa shape index (κ3) is 6.00. The Hall–Kier alpha value is -3.04. The molecule has 0 saturated heterocycles. The van der Waals surface area contributed by atoms with Gasteiger partial charge in [0.1, 0.15) is 0 Å². The van der Waals surface area contributed by atoms with Gasteiger partial charge in [0.2, 0.25) is 10.0 Å². The van der Waals surface area contributed by atoms with E-state index < -0.39 is 34.4 Å². The maximum Gasteiger partial charge on any atom is 0.338 e. The second-order valence-corrected chi connectivity index (χ2v) is 7.83. The number of carbonyl (C=O) groups is 3. The number of carbonyl (C=O) groups excluding carboxylic acids is 3. The van der Waals surface area contributed by atoms with E-state index in [1.807, 2.05) is 0 Å². The van der Waals surface area contributed by atoms with Gasteiger partial charge in [0, 0.05) is 11.6 Å². The molecule has 9 heteroatoms. The van der Waals surface area contributed by atoms with Crippen LogP contribution in [-0.2, 0) is 19.6 Å². The Morgan fingerprint density at radius 2 is 1.54 bits per heavy atom. The molecule has 2 amide bonds. The first-order valence-electron chi connectivity index (χ1n) is 8.38. The van der Waals surface area contributed by atoms with Crippen LogP contribution in [0.4, 0.5) is 0 Å². The van der Waals surface area contributed by atoms with Crippen LogP contribution < -0.4 is 10.0 Å². The topological polar surface area (TPSA) is 119 Å². The lowest BCUT2D eigenvalue weighted by Crippen LogP contribution is -2.34. The average molecular weight is 404 g/mol. The van der Waals surface area contributed by atoms with E-state index >= 15 is 0 Å². The molecule has 8 nitrogen and oxygen atoms in total. The summed E-state index contributed by atoms with van der Waals surface area (Å²) in [5, 5.41) is 2.11. The van der Waals surface area contributed by atoms with Gasteiger partial charge in [0.25, 0.3) is 11.8 Å². The van der Waals surface area contributed by atoms with Crippen molar-refractivity contribution in [3.63, 3.8) is 0 Å². The number of hydrogen-bond donors (Lipinski definition) is 2. The second-order valence-electron chi connectivity index (χ2n) is 6.12. The van der Waals surface area contributed by atoms with Crippen molar-refractivity contribution in [3.05, 3.63) is 65.7 Å². The number of benzene rings is 2. The van der Waals surface area contributed by atoms with Crippen LogP contribution in [0, 0.1) is 0 Å². The third-order valence-corrected chi connectivity index (χ3v) is 5.09. The molecule has 148 valence electrons. The highest BCUT2D eigenvalue weighted by atomic mass is 32.2. The van der Waals surface area contributed by atoms with Crippen LogP contribution in [0.3, 0.4) is 0 Å². The summed E-state index contributed by atoms with van der Waals surface area (Å²) in [7, 11) is -3.67. The van der Waals surface area contributed by atoms with Crippen molar-refractivity contribution in [2.75, 3.05) is 6.61 Å². The van der Waals surface area contributed by atoms with Gasteiger partial charge >= 0.3 is 5.97 Å². The molecular formula is C19H20N2O6S. The van der Waals surface area contributed by atoms with Gasteiger partial charge in [-0.25, -0.2) is 17.9 Å². The van der Waals surface area contributed by atoms with Gasteiger partial charge in [-0.3, -0.25) is 14.9 Å². The van der Waals surface area contributed by atoms with Crippen LogP contribution in [0.25, 0.3) is 0 Å². The normalized spacial score (nSPS) is 11.1. The molecule has 0 spiro atoms. The fraction of sp³-hybridized carbons (Fsp3) is 0.211. The van der Waals surface area contributed by atoms with Crippen molar-refractivity contribution in [1.82, 2.24) is 10.0 Å². The molecule has 2 rings (SSSR count). The van der Waals surface area contributed by atoms with E-state index in [0.29, 0.717) is 5.56 Å². The summed E-state index contributed by atoms with van der Waals surface area (Å²) in [5.41, 5.74) is 0.375. The maximum atomic E-state index is 12.0. The Kier molecular flexibility index (Phi) is 7.02. The van der Waals surface area contributed by atoms with Crippen LogP contribution in [0.2, 0.25) is 0 Å². The molecule has 0 aliphatic heterocycles. The van der Waals surface area contributed by atoms with Gasteiger partial charge in [-0.15, -0.1) is 0 Å². The van der Waals surface area contributed by atoms with E-state index in [1.165, 1.54) is 24.3 Å². The van der Waals surface area contributed by atoms with Crippen molar-refractivity contribution in [3.8, 4) is 0 Å². The molecule has 0 atom stereocenters. The second kappa shape index (κ2) is 9.25. The molecule has 0 aromatic heterocycles. The molecule has 0 unspecified atom stereocenters. The first kappa shape index (κ1) is 21.3. The van der Waals surface area contributed by atoms with Gasteiger partial charge in [0.05, 0.1) is 10.5 Å². The molecule has 2 aromatic rings. The zero-order valence-electron chi connectivity index (χ0n) is 15.3. The lowest BCUT2D eigenvalue weighted by atomic mass is 10.2. The number of rotatable bonds is 7. The lowest BCUT2D eigenvalue weighted by molar-refractivity contribution is -0.123. The number of imide groups is 1. The molecule has 0 heterocycles. The lowest BCUT2D eigenvalue weighted by Gasteiger charge is -2.10. The van der Waals surface area contributed by atoms with Crippen LogP contribution >= 0.6 is 0 Å². The van der Waals surface area contributed by atoms with E-state index in [1.54, 1.807) is 44.2 Å². The predicted octanol–water partition coefficient (Wildman–Crippen LogP) is 1.49. The zero-order valence-corrected chi connectivity index (χ0v) is 16.2. The van der Waals surface area contributed by atoms with Crippen LogP contribution in [0.15, 0.2) is 59.5 Å². The molecule has 0 radical (unpaired) electrons. The monoisotopic (exact) mass is 404 g/mol. The highest BCUT2D eigenvalue weighted by Crippen LogP contribution is 2.12. The van der Waals surface area contributed by atoms with Gasteiger partial charge in [-0.1, -0.05) is 18.2 Å². The number of hydrogen-bond acceptors (Lipinski definition) is 6. The molecule has 28 heavy (non-hydrogen) atoms. The summed E-state index contributed by atoms with van der Waals surface area (Å²) >= 11 is 0. The van der Waals surface area contributed by atoms with Gasteiger partial charge in [-0.2, -0.15) is 0 Å². The average Bonchev–Trinajstić information content (AvgIpc) is 2.66. The minimum absolute atomic E-state index is 0.00366. The van der Waals surface area contributed by atoms with Gasteiger partial charge in [0.15, 0.2) is 6.61 Å². The number of ether oxygens (including phenoxy) is 1.